The Labute approximate surface area is 198 Å². The van der Waals surface area contributed by atoms with Crippen molar-refractivity contribution in [3.8, 4) is 17.0 Å². The standard InChI is InChI=1S/C23H27BClN3O3S/c1-24(29)28-16-4-5-17(28)10-14(9-16)18-7-8-32-22-12-20(26-27-23(18)22)19-6-3-15(25)11-21(19)31-13-30-2/h3,6-7,11-12,14,16-17,29H,4-5,8-10,13H2,1-2H3/t14-,16-,17?/m0/s1. The number of halogens is 1. The molecule has 5 rings (SSSR count). The fourth-order valence-corrected chi connectivity index (χ4v) is 6.62. The topological polar surface area (TPSA) is 67.7 Å². The minimum atomic E-state index is -0.368. The number of nitrogens with zero attached hydrogens (tertiary/aromatic N) is 3. The van der Waals surface area contributed by atoms with Gasteiger partial charge >= 0.3 is 7.05 Å². The molecular formula is C23H27BClN3O3S. The van der Waals surface area contributed by atoms with E-state index in [1.165, 1.54) is 18.4 Å². The largest absolute Gasteiger partial charge is 0.467 e. The minimum Gasteiger partial charge on any atom is -0.467 e. The number of thioether (sulfide) groups is 1. The summed E-state index contributed by atoms with van der Waals surface area (Å²) in [5.74, 6) is 2.04. The lowest BCUT2D eigenvalue weighted by atomic mass is 9.75. The van der Waals surface area contributed by atoms with Gasteiger partial charge in [0.05, 0.1) is 5.69 Å². The van der Waals surface area contributed by atoms with Crippen LogP contribution in [0.4, 0.5) is 0 Å². The van der Waals surface area contributed by atoms with E-state index in [0.29, 0.717) is 28.8 Å². The van der Waals surface area contributed by atoms with Crippen LogP contribution in [0.3, 0.4) is 0 Å². The fourth-order valence-electron chi connectivity index (χ4n) is 5.52. The zero-order valence-electron chi connectivity index (χ0n) is 18.3. The van der Waals surface area contributed by atoms with Crippen LogP contribution in [0.15, 0.2) is 35.2 Å². The maximum absolute atomic E-state index is 10.2. The highest BCUT2D eigenvalue weighted by Crippen LogP contribution is 2.47. The van der Waals surface area contributed by atoms with Gasteiger partial charge in [0.25, 0.3) is 0 Å². The van der Waals surface area contributed by atoms with Gasteiger partial charge in [0.15, 0.2) is 6.79 Å². The van der Waals surface area contributed by atoms with Gasteiger partial charge in [0.1, 0.15) is 11.4 Å². The van der Waals surface area contributed by atoms with Crippen LogP contribution in [0.2, 0.25) is 11.8 Å². The maximum Gasteiger partial charge on any atom is 0.376 e. The summed E-state index contributed by atoms with van der Waals surface area (Å²) < 4.78 is 10.8. The van der Waals surface area contributed by atoms with E-state index < -0.39 is 0 Å². The lowest BCUT2D eigenvalue weighted by Gasteiger charge is -2.41. The van der Waals surface area contributed by atoms with Gasteiger partial charge in [-0.3, -0.25) is 0 Å². The van der Waals surface area contributed by atoms with Crippen LogP contribution in [0.1, 0.15) is 31.4 Å². The molecule has 2 bridgehead atoms. The van der Waals surface area contributed by atoms with E-state index >= 15 is 0 Å². The van der Waals surface area contributed by atoms with Gasteiger partial charge in [-0.1, -0.05) is 17.7 Å². The molecule has 0 saturated carbocycles. The Morgan fingerprint density at radius 1 is 1.22 bits per heavy atom. The van der Waals surface area contributed by atoms with Crippen molar-refractivity contribution in [2.45, 2.75) is 49.5 Å². The lowest BCUT2D eigenvalue weighted by molar-refractivity contribution is 0.0515. The number of fused-ring (bicyclic) bond motifs is 3. The van der Waals surface area contributed by atoms with Crippen molar-refractivity contribution in [2.24, 2.45) is 5.92 Å². The molecule has 9 heteroatoms. The van der Waals surface area contributed by atoms with Gasteiger partial charge in [0, 0.05) is 40.4 Å². The first kappa shape index (κ1) is 22.2. The predicted molar refractivity (Wildman–Crippen MR) is 129 cm³/mol. The molecule has 3 aliphatic rings. The quantitative estimate of drug-likeness (QED) is 0.487. The van der Waals surface area contributed by atoms with Crippen LogP contribution in [0.5, 0.6) is 5.75 Å². The highest BCUT2D eigenvalue weighted by molar-refractivity contribution is 7.99. The first-order chi connectivity index (χ1) is 15.5. The molecule has 0 spiro atoms. The summed E-state index contributed by atoms with van der Waals surface area (Å²) in [4.78, 5) is 3.47. The van der Waals surface area contributed by atoms with E-state index in [4.69, 9.17) is 26.2 Å². The average Bonchev–Trinajstić information content (AvgIpc) is 3.07. The van der Waals surface area contributed by atoms with Gasteiger partial charge in [-0.05, 0) is 68.3 Å². The number of allylic oxidation sites excluding steroid dienone is 1. The number of hydrogen-bond acceptors (Lipinski definition) is 7. The normalized spacial score (nSPS) is 24.8. The summed E-state index contributed by atoms with van der Waals surface area (Å²) >= 11 is 7.97. The molecule has 6 nitrogen and oxygen atoms in total. The Morgan fingerprint density at radius 3 is 2.72 bits per heavy atom. The summed E-state index contributed by atoms with van der Waals surface area (Å²) in [6.45, 7) is 2.03. The molecule has 4 heterocycles. The van der Waals surface area contributed by atoms with Crippen LogP contribution >= 0.6 is 23.4 Å². The van der Waals surface area contributed by atoms with Crippen LogP contribution in [-0.2, 0) is 4.74 Å². The first-order valence-corrected chi connectivity index (χ1v) is 12.5. The summed E-state index contributed by atoms with van der Waals surface area (Å²) in [5, 5.41) is 20.1. The second-order valence-electron chi connectivity index (χ2n) is 8.74. The Balaban J connectivity index is 1.42. The molecule has 2 saturated heterocycles. The highest BCUT2D eigenvalue weighted by atomic mass is 35.5. The molecule has 1 aromatic heterocycles. The van der Waals surface area contributed by atoms with Crippen molar-refractivity contribution in [1.29, 1.82) is 0 Å². The van der Waals surface area contributed by atoms with E-state index in [9.17, 15) is 5.02 Å². The molecule has 0 amide bonds. The van der Waals surface area contributed by atoms with Crippen LogP contribution in [0.25, 0.3) is 16.8 Å². The van der Waals surface area contributed by atoms with E-state index in [0.717, 1.165) is 40.4 Å². The highest BCUT2D eigenvalue weighted by Gasteiger charge is 2.45. The lowest BCUT2D eigenvalue weighted by Crippen LogP contribution is -2.50. The van der Waals surface area contributed by atoms with E-state index in [-0.39, 0.29) is 13.8 Å². The van der Waals surface area contributed by atoms with Crippen molar-refractivity contribution in [2.75, 3.05) is 19.7 Å². The Bertz CT molecular complexity index is 1020. The molecule has 1 N–H and O–H groups in total. The van der Waals surface area contributed by atoms with Crippen molar-refractivity contribution in [3.63, 3.8) is 0 Å². The van der Waals surface area contributed by atoms with Crippen LogP contribution in [-0.4, -0.2) is 58.8 Å². The Hall–Kier alpha value is -1.58. The van der Waals surface area contributed by atoms with Gasteiger partial charge in [-0.15, -0.1) is 22.0 Å². The second-order valence-corrected chi connectivity index (χ2v) is 10.2. The number of hydrogen-bond donors (Lipinski definition) is 1. The van der Waals surface area contributed by atoms with E-state index in [1.54, 1.807) is 24.9 Å². The molecule has 32 heavy (non-hydrogen) atoms. The average molecular weight is 472 g/mol. The number of rotatable bonds is 6. The van der Waals surface area contributed by atoms with E-state index in [1.807, 2.05) is 19.0 Å². The van der Waals surface area contributed by atoms with Gasteiger partial charge < -0.3 is 19.3 Å². The molecule has 1 aromatic carbocycles. The third kappa shape index (κ3) is 4.19. The van der Waals surface area contributed by atoms with Crippen molar-refractivity contribution in [1.82, 2.24) is 15.0 Å². The number of ether oxygens (including phenoxy) is 2. The SMILES string of the molecule is COCOc1cc(Cl)ccc1-c1cc2c(nn1)C([C@@H]1CC3CC[C@@H](C1)N3B(C)O)=CCS2. The summed E-state index contributed by atoms with van der Waals surface area (Å²) in [6, 6.07) is 8.56. The summed E-state index contributed by atoms with van der Waals surface area (Å²) in [7, 11) is 1.22. The van der Waals surface area contributed by atoms with Crippen molar-refractivity contribution in [3.05, 3.63) is 41.1 Å². The Morgan fingerprint density at radius 2 is 2.00 bits per heavy atom. The molecule has 3 aliphatic heterocycles. The fraction of sp³-hybridized carbons (Fsp3) is 0.478. The maximum atomic E-state index is 10.2. The van der Waals surface area contributed by atoms with Crippen LogP contribution in [0, 0.1) is 5.92 Å². The van der Waals surface area contributed by atoms with Gasteiger partial charge in [-0.2, -0.15) is 0 Å². The second kappa shape index (κ2) is 9.35. The monoisotopic (exact) mass is 471 g/mol. The molecule has 0 aliphatic carbocycles. The van der Waals surface area contributed by atoms with Gasteiger partial charge in [-0.25, -0.2) is 0 Å². The first-order valence-electron chi connectivity index (χ1n) is 11.1. The molecule has 2 fully saturated rings. The van der Waals surface area contributed by atoms with Gasteiger partial charge in [0.2, 0.25) is 0 Å². The Kier molecular flexibility index (Phi) is 6.50. The number of benzene rings is 1. The number of piperidine rings is 1. The number of aromatic nitrogens is 2. The number of methoxy groups -OCH3 is 1. The zero-order valence-corrected chi connectivity index (χ0v) is 19.9. The summed E-state index contributed by atoms with van der Waals surface area (Å²) in [6.07, 6.45) is 6.83. The molecule has 3 atom stereocenters. The molecule has 1 unspecified atom stereocenters. The van der Waals surface area contributed by atoms with Crippen LogP contribution < -0.4 is 4.74 Å². The predicted octanol–water partition coefficient (Wildman–Crippen LogP) is 4.62. The van der Waals surface area contributed by atoms with Crippen molar-refractivity contribution < 1.29 is 14.5 Å². The third-order valence-electron chi connectivity index (χ3n) is 6.79. The molecular weight excluding hydrogens is 445 g/mol. The minimum absolute atomic E-state index is 0.140. The molecule has 0 radical (unpaired) electrons. The molecule has 2 aromatic rings. The van der Waals surface area contributed by atoms with Crippen molar-refractivity contribution >= 4 is 36.0 Å². The smallest absolute Gasteiger partial charge is 0.376 e. The zero-order chi connectivity index (χ0) is 22.2. The third-order valence-corrected chi connectivity index (χ3v) is 7.98. The molecule has 168 valence electrons. The van der Waals surface area contributed by atoms with E-state index in [2.05, 4.69) is 22.1 Å². The summed E-state index contributed by atoms with van der Waals surface area (Å²) in [5.41, 5.74) is 3.95.